The van der Waals surface area contributed by atoms with Gasteiger partial charge < -0.3 is 19.3 Å². The number of hydrogen-bond acceptors (Lipinski definition) is 6. The summed E-state index contributed by atoms with van der Waals surface area (Å²) in [7, 11) is 0. The van der Waals surface area contributed by atoms with Gasteiger partial charge in [-0.1, -0.05) is 149 Å². The number of esters is 1. The highest BCUT2D eigenvalue weighted by Crippen LogP contribution is 2.24. The van der Waals surface area contributed by atoms with Crippen molar-refractivity contribution in [1.29, 1.82) is 0 Å². The summed E-state index contributed by atoms with van der Waals surface area (Å²) in [6, 6.07) is -0.360. The molecule has 0 aromatic heterocycles. The zero-order valence-electron chi connectivity index (χ0n) is 33.4. The Hall–Kier alpha value is -1.18. The molecular formula is C43H83NO6. The number of carbonyl (C=O) groups is 2. The minimum atomic E-state index is -0.700. The van der Waals surface area contributed by atoms with Crippen LogP contribution in [0.1, 0.15) is 213 Å². The van der Waals surface area contributed by atoms with Crippen molar-refractivity contribution in [2.75, 3.05) is 32.9 Å². The Morgan fingerprint density at radius 2 is 1.08 bits per heavy atom. The van der Waals surface area contributed by atoms with Crippen LogP contribution < -0.4 is 0 Å². The van der Waals surface area contributed by atoms with Crippen LogP contribution in [-0.4, -0.2) is 67.2 Å². The number of rotatable bonds is 38. The van der Waals surface area contributed by atoms with Gasteiger partial charge in [0.15, 0.2) is 6.29 Å². The summed E-state index contributed by atoms with van der Waals surface area (Å²) in [5.74, 6) is -0.454. The first-order valence-corrected chi connectivity index (χ1v) is 21.9. The SMILES string of the molecule is CCCCCCCCCCCCC(CCOC(=O)CCCCC(OCCCCCCCC)OCCCCCCCC)CN1CCC[C@@H]1C(=O)O. The topological polar surface area (TPSA) is 85.3 Å². The molecule has 0 spiro atoms. The number of likely N-dealkylation sites (tertiary alicyclic amines) is 1. The first-order valence-electron chi connectivity index (χ1n) is 21.9. The van der Waals surface area contributed by atoms with E-state index < -0.39 is 5.97 Å². The Bertz CT molecular complexity index is 746. The van der Waals surface area contributed by atoms with Gasteiger partial charge in [-0.15, -0.1) is 0 Å². The summed E-state index contributed by atoms with van der Waals surface area (Å²) in [4.78, 5) is 26.6. The van der Waals surface area contributed by atoms with E-state index in [4.69, 9.17) is 14.2 Å². The minimum absolute atomic E-state index is 0.121. The van der Waals surface area contributed by atoms with E-state index in [0.717, 1.165) is 84.1 Å². The maximum absolute atomic E-state index is 12.7. The van der Waals surface area contributed by atoms with Crippen molar-refractivity contribution < 1.29 is 28.9 Å². The summed E-state index contributed by atoms with van der Waals surface area (Å²) in [6.45, 7) is 10.4. The van der Waals surface area contributed by atoms with Crippen LogP contribution in [0, 0.1) is 5.92 Å². The number of unbranched alkanes of at least 4 members (excludes halogenated alkanes) is 20. The van der Waals surface area contributed by atoms with Crippen LogP contribution in [0.3, 0.4) is 0 Å². The lowest BCUT2D eigenvalue weighted by atomic mass is 9.96. The Kier molecular flexibility index (Phi) is 32.7. The minimum Gasteiger partial charge on any atom is -0.480 e. The van der Waals surface area contributed by atoms with Crippen molar-refractivity contribution in [1.82, 2.24) is 4.90 Å². The zero-order chi connectivity index (χ0) is 36.3. The van der Waals surface area contributed by atoms with E-state index in [0.29, 0.717) is 18.9 Å². The number of hydrogen-bond donors (Lipinski definition) is 1. The number of aliphatic carboxylic acids is 1. The number of ether oxygens (including phenoxy) is 3. The molecule has 2 atom stereocenters. The second-order valence-corrected chi connectivity index (χ2v) is 15.3. The van der Waals surface area contributed by atoms with Gasteiger partial charge in [0.25, 0.3) is 0 Å². The molecule has 0 bridgehead atoms. The van der Waals surface area contributed by atoms with E-state index in [1.807, 2.05) is 0 Å². The van der Waals surface area contributed by atoms with Crippen LogP contribution in [0.4, 0.5) is 0 Å². The highest BCUT2D eigenvalue weighted by molar-refractivity contribution is 5.73. The van der Waals surface area contributed by atoms with Crippen molar-refractivity contribution in [3.63, 3.8) is 0 Å². The van der Waals surface area contributed by atoms with E-state index in [-0.39, 0.29) is 18.3 Å². The van der Waals surface area contributed by atoms with Crippen LogP contribution >= 0.6 is 0 Å². The number of carboxylic acid groups (broad SMARTS) is 1. The number of nitrogens with zero attached hydrogens (tertiary/aromatic N) is 1. The lowest BCUT2D eigenvalue weighted by Crippen LogP contribution is -2.39. The van der Waals surface area contributed by atoms with Crippen molar-refractivity contribution in [3.05, 3.63) is 0 Å². The average molecular weight is 710 g/mol. The molecular weight excluding hydrogens is 626 g/mol. The molecule has 296 valence electrons. The summed E-state index contributed by atoms with van der Waals surface area (Å²) in [5.41, 5.74) is 0. The summed E-state index contributed by atoms with van der Waals surface area (Å²) >= 11 is 0. The molecule has 1 fully saturated rings. The molecule has 7 nitrogen and oxygen atoms in total. The Labute approximate surface area is 309 Å². The van der Waals surface area contributed by atoms with Gasteiger partial charge in [-0.3, -0.25) is 14.5 Å². The van der Waals surface area contributed by atoms with Crippen molar-refractivity contribution >= 4 is 11.9 Å². The van der Waals surface area contributed by atoms with Gasteiger partial charge in [0, 0.05) is 26.2 Å². The third kappa shape index (κ3) is 27.5. The second-order valence-electron chi connectivity index (χ2n) is 15.3. The average Bonchev–Trinajstić information content (AvgIpc) is 3.58. The maximum atomic E-state index is 12.7. The van der Waals surface area contributed by atoms with Crippen molar-refractivity contribution in [2.45, 2.75) is 226 Å². The fourth-order valence-electron chi connectivity index (χ4n) is 7.30. The van der Waals surface area contributed by atoms with Gasteiger partial charge in [-0.2, -0.15) is 0 Å². The van der Waals surface area contributed by atoms with Crippen LogP contribution in [-0.2, 0) is 23.8 Å². The normalized spacial score (nSPS) is 15.6. The lowest BCUT2D eigenvalue weighted by Gasteiger charge is -2.27. The molecule has 50 heavy (non-hydrogen) atoms. The molecule has 0 aromatic carbocycles. The highest BCUT2D eigenvalue weighted by Gasteiger charge is 2.31. The smallest absolute Gasteiger partial charge is 0.320 e. The molecule has 1 rings (SSSR count). The Morgan fingerprint density at radius 1 is 0.600 bits per heavy atom. The van der Waals surface area contributed by atoms with Crippen molar-refractivity contribution in [2.24, 2.45) is 5.92 Å². The number of carbonyl (C=O) groups excluding carboxylic acids is 1. The molecule has 0 aromatic rings. The second kappa shape index (κ2) is 34.9. The molecule has 1 aliphatic heterocycles. The lowest BCUT2D eigenvalue weighted by molar-refractivity contribution is -0.150. The van der Waals surface area contributed by atoms with E-state index in [1.165, 1.54) is 128 Å². The summed E-state index contributed by atoms with van der Waals surface area (Å²) < 4.78 is 18.1. The van der Waals surface area contributed by atoms with Gasteiger partial charge >= 0.3 is 11.9 Å². The molecule has 1 N–H and O–H groups in total. The molecule has 1 unspecified atom stereocenters. The first-order chi connectivity index (χ1) is 24.5. The van der Waals surface area contributed by atoms with Gasteiger partial charge in [0.05, 0.1) is 6.61 Å². The molecule has 0 amide bonds. The summed E-state index contributed by atoms with van der Waals surface area (Å²) in [6.07, 6.45) is 34.4. The fraction of sp³-hybridized carbons (Fsp3) is 0.953. The van der Waals surface area contributed by atoms with Crippen LogP contribution in [0.5, 0.6) is 0 Å². The largest absolute Gasteiger partial charge is 0.480 e. The molecule has 1 saturated heterocycles. The Balaban J connectivity index is 2.38. The quantitative estimate of drug-likeness (QED) is 0.0388. The molecule has 0 saturated carbocycles. The van der Waals surface area contributed by atoms with E-state index >= 15 is 0 Å². The van der Waals surface area contributed by atoms with Crippen LogP contribution in [0.25, 0.3) is 0 Å². The Morgan fingerprint density at radius 3 is 1.60 bits per heavy atom. The fourth-order valence-corrected chi connectivity index (χ4v) is 7.30. The van der Waals surface area contributed by atoms with Crippen LogP contribution in [0.2, 0.25) is 0 Å². The maximum Gasteiger partial charge on any atom is 0.320 e. The van der Waals surface area contributed by atoms with Crippen molar-refractivity contribution in [3.8, 4) is 0 Å². The van der Waals surface area contributed by atoms with Gasteiger partial charge in [-0.25, -0.2) is 0 Å². The molecule has 0 radical (unpaired) electrons. The third-order valence-corrected chi connectivity index (χ3v) is 10.6. The first kappa shape index (κ1) is 46.8. The van der Waals surface area contributed by atoms with Gasteiger partial charge in [0.1, 0.15) is 6.04 Å². The van der Waals surface area contributed by atoms with E-state index in [2.05, 4.69) is 25.7 Å². The highest BCUT2D eigenvalue weighted by atomic mass is 16.7. The molecule has 0 aliphatic carbocycles. The molecule has 1 aliphatic rings. The van der Waals surface area contributed by atoms with Gasteiger partial charge in [-0.05, 0) is 70.3 Å². The standard InChI is InChI=1S/C43H83NO6/c1-4-7-10-13-16-17-18-19-20-23-29-39(38-44-34-28-30-40(44)43(46)47)33-37-48-41(45)31-24-25-32-42(49-35-26-21-14-11-8-5-2)50-36-27-22-15-12-9-6-3/h39-40,42H,4-38H2,1-3H3,(H,46,47)/t39?,40-/m1/s1. The third-order valence-electron chi connectivity index (χ3n) is 10.6. The van der Waals surface area contributed by atoms with Gasteiger partial charge in [0.2, 0.25) is 0 Å². The van der Waals surface area contributed by atoms with E-state index in [9.17, 15) is 14.7 Å². The predicted molar refractivity (Wildman–Crippen MR) is 209 cm³/mol. The predicted octanol–water partition coefficient (Wildman–Crippen LogP) is 12.0. The zero-order valence-corrected chi connectivity index (χ0v) is 33.4. The van der Waals surface area contributed by atoms with E-state index in [1.54, 1.807) is 0 Å². The summed E-state index contributed by atoms with van der Waals surface area (Å²) in [5, 5.41) is 9.70. The van der Waals surface area contributed by atoms with Crippen LogP contribution in [0.15, 0.2) is 0 Å². The number of carboxylic acids is 1. The monoisotopic (exact) mass is 710 g/mol. The molecule has 7 heteroatoms. The molecule has 1 heterocycles.